The van der Waals surface area contributed by atoms with Crippen LogP contribution >= 0.6 is 27.3 Å². The van der Waals surface area contributed by atoms with Crippen molar-refractivity contribution in [3.05, 3.63) is 51.8 Å². The monoisotopic (exact) mass is 442 g/mol. The van der Waals surface area contributed by atoms with Crippen LogP contribution in [0.1, 0.15) is 22.3 Å². The van der Waals surface area contributed by atoms with Crippen molar-refractivity contribution < 1.29 is 9.53 Å². The van der Waals surface area contributed by atoms with Crippen LogP contribution in [0.5, 0.6) is 0 Å². The first-order valence-corrected chi connectivity index (χ1v) is 9.91. The van der Waals surface area contributed by atoms with Crippen molar-refractivity contribution in [3.8, 4) is 22.0 Å². The summed E-state index contributed by atoms with van der Waals surface area (Å²) in [5.41, 5.74) is 4.25. The summed E-state index contributed by atoms with van der Waals surface area (Å²) in [7, 11) is 0. The van der Waals surface area contributed by atoms with Gasteiger partial charge in [0.1, 0.15) is 15.6 Å². The Hall–Kier alpha value is -2.58. The zero-order valence-corrected chi connectivity index (χ0v) is 17.0. The highest BCUT2D eigenvalue weighted by molar-refractivity contribution is 9.10. The molecule has 0 aliphatic rings. The fraction of sp³-hybridized carbons (Fsp3) is 0.158. The average molecular weight is 443 g/mol. The number of halogens is 1. The van der Waals surface area contributed by atoms with Crippen molar-refractivity contribution in [3.63, 3.8) is 0 Å². The quantitative estimate of drug-likeness (QED) is 0.449. The third kappa shape index (κ3) is 3.38. The fourth-order valence-corrected chi connectivity index (χ4v) is 4.33. The van der Waals surface area contributed by atoms with Gasteiger partial charge in [-0.25, -0.2) is 9.78 Å². The number of esters is 1. The molecule has 1 N–H and O–H groups in total. The number of benzene rings is 1. The zero-order chi connectivity index (χ0) is 19.0. The van der Waals surface area contributed by atoms with Crippen molar-refractivity contribution in [1.82, 2.24) is 19.9 Å². The number of ether oxygens (including phenoxy) is 1. The Labute approximate surface area is 167 Å². The summed E-state index contributed by atoms with van der Waals surface area (Å²) in [4.78, 5) is 29.0. The number of carbonyl (C=O) groups excluding carboxylic acids is 1. The van der Waals surface area contributed by atoms with E-state index in [1.807, 2.05) is 25.1 Å². The van der Waals surface area contributed by atoms with Crippen molar-refractivity contribution >= 4 is 44.1 Å². The predicted molar refractivity (Wildman–Crippen MR) is 109 cm³/mol. The molecule has 0 radical (unpaired) electrons. The van der Waals surface area contributed by atoms with Crippen molar-refractivity contribution in [2.75, 3.05) is 6.61 Å². The molecule has 136 valence electrons. The van der Waals surface area contributed by atoms with Crippen molar-refractivity contribution in [1.29, 1.82) is 0 Å². The maximum Gasteiger partial charge on any atom is 0.350 e. The predicted octanol–water partition coefficient (Wildman–Crippen LogP) is 5.00. The summed E-state index contributed by atoms with van der Waals surface area (Å²) in [5, 5.41) is 1.80. The van der Waals surface area contributed by atoms with Gasteiger partial charge in [0.15, 0.2) is 0 Å². The number of fused-ring (bicyclic) bond motifs is 1. The SMILES string of the molecule is CCOC(=O)c1sc(-c2cc(Br)c3[nH]c(-c4cnccn4)cc3c2)nc1C. The van der Waals surface area contributed by atoms with Crippen LogP contribution in [0.2, 0.25) is 0 Å². The number of aryl methyl sites for hydroxylation is 1. The molecule has 0 atom stereocenters. The smallest absolute Gasteiger partial charge is 0.350 e. The molecular formula is C19H15BrN4O2S. The molecule has 0 saturated carbocycles. The minimum Gasteiger partial charge on any atom is -0.462 e. The van der Waals surface area contributed by atoms with Gasteiger partial charge in [-0.3, -0.25) is 9.97 Å². The molecule has 0 fully saturated rings. The number of hydrogen-bond donors (Lipinski definition) is 1. The van der Waals surface area contributed by atoms with Crippen LogP contribution in [0.25, 0.3) is 32.9 Å². The summed E-state index contributed by atoms with van der Waals surface area (Å²) < 4.78 is 6.02. The molecular weight excluding hydrogens is 428 g/mol. The number of thiazole rings is 1. The molecule has 0 amide bonds. The molecule has 0 bridgehead atoms. The Balaban J connectivity index is 1.78. The molecule has 0 aliphatic heterocycles. The van der Waals surface area contributed by atoms with Gasteiger partial charge in [0.05, 0.1) is 29.7 Å². The highest BCUT2D eigenvalue weighted by atomic mass is 79.9. The first kappa shape index (κ1) is 17.8. The summed E-state index contributed by atoms with van der Waals surface area (Å²) in [5.74, 6) is -0.328. The lowest BCUT2D eigenvalue weighted by molar-refractivity contribution is 0.0531. The van der Waals surface area contributed by atoms with E-state index in [1.54, 1.807) is 25.5 Å². The molecule has 3 aromatic heterocycles. The lowest BCUT2D eigenvalue weighted by Gasteiger charge is -2.00. The van der Waals surface area contributed by atoms with Crippen molar-refractivity contribution in [2.45, 2.75) is 13.8 Å². The van der Waals surface area contributed by atoms with Gasteiger partial charge in [-0.15, -0.1) is 11.3 Å². The van der Waals surface area contributed by atoms with E-state index in [0.717, 1.165) is 37.3 Å². The molecule has 27 heavy (non-hydrogen) atoms. The topological polar surface area (TPSA) is 80.8 Å². The summed E-state index contributed by atoms with van der Waals surface area (Å²) in [6.07, 6.45) is 5.03. The number of hydrogen-bond acceptors (Lipinski definition) is 6. The number of H-pyrrole nitrogens is 1. The molecule has 8 heteroatoms. The fourth-order valence-electron chi connectivity index (χ4n) is 2.81. The largest absolute Gasteiger partial charge is 0.462 e. The van der Waals surface area contributed by atoms with Crippen LogP contribution in [0, 0.1) is 6.92 Å². The molecule has 1 aromatic carbocycles. The molecule has 4 rings (SSSR count). The number of nitrogens with zero attached hydrogens (tertiary/aromatic N) is 3. The number of aromatic amines is 1. The zero-order valence-electron chi connectivity index (χ0n) is 14.6. The van der Waals surface area contributed by atoms with E-state index in [1.165, 1.54) is 11.3 Å². The van der Waals surface area contributed by atoms with Crippen LogP contribution in [0.4, 0.5) is 0 Å². The van der Waals surface area contributed by atoms with Gasteiger partial charge in [-0.1, -0.05) is 0 Å². The van der Waals surface area contributed by atoms with Gasteiger partial charge in [0, 0.05) is 27.8 Å². The van der Waals surface area contributed by atoms with Crippen LogP contribution in [-0.2, 0) is 4.74 Å². The summed E-state index contributed by atoms with van der Waals surface area (Å²) in [6.45, 7) is 3.96. The second-order valence-corrected chi connectivity index (χ2v) is 7.70. The molecule has 0 unspecified atom stereocenters. The Kier molecular flexibility index (Phi) is 4.75. The molecule has 3 heterocycles. The molecule has 4 aromatic rings. The second kappa shape index (κ2) is 7.21. The Morgan fingerprint density at radius 2 is 2.15 bits per heavy atom. The van der Waals surface area contributed by atoms with Crippen LogP contribution in [-0.4, -0.2) is 32.5 Å². The molecule has 0 aliphatic carbocycles. The lowest BCUT2D eigenvalue weighted by atomic mass is 10.1. The van der Waals surface area contributed by atoms with E-state index in [4.69, 9.17) is 4.74 Å². The third-order valence-corrected chi connectivity index (χ3v) is 5.84. The summed E-state index contributed by atoms with van der Waals surface area (Å²) >= 11 is 4.97. The minimum atomic E-state index is -0.328. The van der Waals surface area contributed by atoms with Crippen LogP contribution in [0.3, 0.4) is 0 Å². The molecule has 0 spiro atoms. The molecule has 6 nitrogen and oxygen atoms in total. The first-order valence-electron chi connectivity index (χ1n) is 8.30. The Morgan fingerprint density at radius 1 is 1.30 bits per heavy atom. The van der Waals surface area contributed by atoms with Gasteiger partial charge in [0.2, 0.25) is 0 Å². The third-order valence-electron chi connectivity index (χ3n) is 4.02. The van der Waals surface area contributed by atoms with E-state index in [0.29, 0.717) is 17.2 Å². The second-order valence-electron chi connectivity index (χ2n) is 5.85. The number of carbonyl (C=O) groups is 1. The highest BCUT2D eigenvalue weighted by Gasteiger charge is 2.18. The highest BCUT2D eigenvalue weighted by Crippen LogP contribution is 2.35. The van der Waals surface area contributed by atoms with Gasteiger partial charge < -0.3 is 9.72 Å². The maximum absolute atomic E-state index is 12.1. The van der Waals surface area contributed by atoms with Gasteiger partial charge in [-0.2, -0.15) is 0 Å². The van der Waals surface area contributed by atoms with E-state index >= 15 is 0 Å². The average Bonchev–Trinajstić information content (AvgIpc) is 3.27. The lowest BCUT2D eigenvalue weighted by Crippen LogP contribution is -2.03. The van der Waals surface area contributed by atoms with Crippen molar-refractivity contribution in [2.24, 2.45) is 0 Å². The normalized spacial score (nSPS) is 11.1. The number of rotatable bonds is 4. The summed E-state index contributed by atoms with van der Waals surface area (Å²) in [6, 6.07) is 6.07. The number of nitrogens with one attached hydrogen (secondary N) is 1. The number of aromatic nitrogens is 4. The van der Waals surface area contributed by atoms with Crippen LogP contribution < -0.4 is 0 Å². The van der Waals surface area contributed by atoms with E-state index in [-0.39, 0.29) is 5.97 Å². The molecule has 0 saturated heterocycles. The van der Waals surface area contributed by atoms with Gasteiger partial charge in [-0.05, 0) is 48.0 Å². The first-order chi connectivity index (χ1) is 13.1. The standard InChI is InChI=1S/C19H15BrN4O2S/c1-3-26-19(25)17-10(2)23-18(27-17)12-6-11-8-14(15-9-21-4-5-22-15)24-16(11)13(20)7-12/h4-9,24H,3H2,1-2H3. The van der Waals surface area contributed by atoms with E-state index in [2.05, 4.69) is 35.9 Å². The van der Waals surface area contributed by atoms with E-state index in [9.17, 15) is 4.79 Å². The Morgan fingerprint density at radius 3 is 2.89 bits per heavy atom. The maximum atomic E-state index is 12.1. The van der Waals surface area contributed by atoms with Gasteiger partial charge in [0.25, 0.3) is 0 Å². The Bertz CT molecular complexity index is 1140. The van der Waals surface area contributed by atoms with E-state index < -0.39 is 0 Å². The van der Waals surface area contributed by atoms with Gasteiger partial charge >= 0.3 is 5.97 Å². The van der Waals surface area contributed by atoms with Crippen LogP contribution in [0.15, 0.2) is 41.3 Å². The minimum absolute atomic E-state index is 0.328.